The number of hydrogen-bond acceptors (Lipinski definition) is 27. The van der Waals surface area contributed by atoms with E-state index < -0.39 is 223 Å². The molecule has 28 nitrogen and oxygen atoms in total. The van der Waals surface area contributed by atoms with Gasteiger partial charge in [0, 0.05) is 24.8 Å². The Labute approximate surface area is 522 Å². The average Bonchev–Trinajstić information content (AvgIpc) is 0.671. The monoisotopic (exact) mass is 1290 g/mol. The van der Waals surface area contributed by atoms with Gasteiger partial charge in [0.1, 0.15) is 110 Å². The first-order chi connectivity index (χ1) is 42.0. The Morgan fingerprint density at radius 3 is 1.77 bits per heavy atom. The first kappa shape index (κ1) is 70.9. The van der Waals surface area contributed by atoms with E-state index in [1.165, 1.54) is 13.8 Å². The van der Waals surface area contributed by atoms with E-state index >= 15 is 0 Å². The molecule has 28 heteroatoms. The van der Waals surface area contributed by atoms with Crippen LogP contribution < -0.4 is 0 Å². The van der Waals surface area contributed by atoms with E-state index in [-0.39, 0.29) is 24.9 Å². The first-order valence-electron chi connectivity index (χ1n) is 31.3. The van der Waals surface area contributed by atoms with Crippen LogP contribution in [0.15, 0.2) is 23.3 Å². The summed E-state index contributed by atoms with van der Waals surface area (Å²) in [6.07, 6.45) is -34.1. The summed E-state index contributed by atoms with van der Waals surface area (Å²) in [6.45, 7) is 17.7. The summed E-state index contributed by atoms with van der Waals surface area (Å²) < 4.78 is 67.2. The predicted molar refractivity (Wildman–Crippen MR) is 304 cm³/mol. The number of hydrogen-bond donors (Lipinski definition) is 13. The lowest BCUT2D eigenvalue weighted by Crippen LogP contribution is -2.72. The molecule has 5 aliphatic carbocycles. The van der Waals surface area contributed by atoms with Crippen LogP contribution in [0.3, 0.4) is 0 Å². The Bertz CT molecular complexity index is 2670. The standard InChI is InChI=1S/C62H96O28/c1-12-25(2)52(79)90-50-49(76)62(24-81-26(3)65)29(19-57(50,5)6)28-13-14-34-59(9)17-16-35(58(7,8)33(59)15-18-60(34,10)61(28,11)20-36(62)82-27(4)66)85-56-48(89-54-43(74)41(72)39(70)32(22-64)84-54)45(44(75)46(87-56)51(77)78)86-55-47(37(68)30(67)23-80-55)88-53-42(73)40(71)38(69)31(21-63)83-53/h12-13,29-50,53-56,63-64,67-76H,14-24H2,1-11H3,(H,77,78)/b25-12-/t29-,30-,31+,32+,33-,34+,35-,36+,37-,38+,39-,40-,41-,42+,43+,44-,45-,46-,47+,48+,49-,50-,53-,54-,55-,56+,59-,60+,61+,62-/m0/s1. The van der Waals surface area contributed by atoms with E-state index in [4.69, 9.17) is 52.1 Å². The normalized spacial score (nSPS) is 49.1. The summed E-state index contributed by atoms with van der Waals surface area (Å²) in [5.74, 6) is -4.33. The van der Waals surface area contributed by atoms with Crippen molar-refractivity contribution in [1.29, 1.82) is 0 Å². The van der Waals surface area contributed by atoms with Crippen molar-refractivity contribution in [2.24, 2.45) is 50.2 Å². The molecule has 4 saturated heterocycles. The third-order valence-electron chi connectivity index (χ3n) is 22.9. The molecule has 0 aromatic carbocycles. The molecule has 30 atom stereocenters. The summed E-state index contributed by atoms with van der Waals surface area (Å²) >= 11 is 0. The molecular weight excluding hydrogens is 1190 g/mol. The largest absolute Gasteiger partial charge is 0.479 e. The van der Waals surface area contributed by atoms with Gasteiger partial charge < -0.3 is 118 Å². The number of carboxylic acids is 1. The summed E-state index contributed by atoms with van der Waals surface area (Å²) in [5.41, 5.74) is -3.50. The molecule has 0 bridgehead atoms. The second-order valence-electron chi connectivity index (χ2n) is 28.7. The lowest BCUT2D eigenvalue weighted by Gasteiger charge is -2.72. The molecule has 512 valence electrons. The van der Waals surface area contributed by atoms with Crippen LogP contribution in [-0.2, 0) is 71.3 Å². The molecule has 4 heterocycles. The Hall–Kier alpha value is -3.44. The number of ether oxygens (including phenoxy) is 11. The van der Waals surface area contributed by atoms with Crippen LogP contribution in [0.4, 0.5) is 0 Å². The molecule has 0 unspecified atom stereocenters. The second-order valence-corrected chi connectivity index (χ2v) is 28.7. The molecule has 0 amide bonds. The van der Waals surface area contributed by atoms with Crippen LogP contribution in [0.25, 0.3) is 0 Å². The van der Waals surface area contributed by atoms with Crippen molar-refractivity contribution < 1.29 is 138 Å². The van der Waals surface area contributed by atoms with Gasteiger partial charge in [0.25, 0.3) is 0 Å². The van der Waals surface area contributed by atoms with Crippen molar-refractivity contribution in [3.05, 3.63) is 23.3 Å². The van der Waals surface area contributed by atoms with Crippen molar-refractivity contribution in [2.75, 3.05) is 26.4 Å². The molecule has 8 fully saturated rings. The van der Waals surface area contributed by atoms with Gasteiger partial charge in [-0.2, -0.15) is 0 Å². The van der Waals surface area contributed by atoms with Crippen molar-refractivity contribution >= 4 is 23.9 Å². The van der Waals surface area contributed by atoms with Gasteiger partial charge in [0.15, 0.2) is 31.3 Å². The molecule has 9 rings (SSSR count). The highest BCUT2D eigenvalue weighted by Gasteiger charge is 2.74. The fraction of sp³-hybridized carbons (Fsp3) is 0.871. The minimum atomic E-state index is -2.26. The molecule has 4 saturated carbocycles. The van der Waals surface area contributed by atoms with E-state index in [1.54, 1.807) is 19.9 Å². The number of carbonyl (C=O) groups is 4. The van der Waals surface area contributed by atoms with Crippen LogP contribution in [0.5, 0.6) is 0 Å². The van der Waals surface area contributed by atoms with E-state index in [0.717, 1.165) is 5.57 Å². The third-order valence-corrected chi connectivity index (χ3v) is 22.9. The van der Waals surface area contributed by atoms with Gasteiger partial charge in [-0.1, -0.05) is 66.2 Å². The number of fused-ring (bicyclic) bond motifs is 7. The Balaban J connectivity index is 1.06. The molecule has 4 aliphatic heterocycles. The molecule has 13 N–H and O–H groups in total. The summed E-state index contributed by atoms with van der Waals surface area (Å²) in [4.78, 5) is 52.9. The van der Waals surface area contributed by atoms with E-state index in [2.05, 4.69) is 26.8 Å². The molecule has 90 heavy (non-hydrogen) atoms. The number of aliphatic carboxylic acids is 1. The number of esters is 3. The quantitative estimate of drug-likeness (QED) is 0.0282. The van der Waals surface area contributed by atoms with Crippen molar-refractivity contribution in [1.82, 2.24) is 0 Å². The van der Waals surface area contributed by atoms with Crippen LogP contribution >= 0.6 is 0 Å². The SMILES string of the molecule is C/C=C(/C)C(=O)O[C@H]1[C@H](O)[C@]2(COC(C)=O)[C@H](OC(C)=O)C[C@]3(C)C(=CC[C@@H]4[C@@]5(C)CC[C@H](O[C@@H]6O[C@H](C(=O)O)[C@@H](O)[C@H](O[C@@H]7OC[C@H](O)[C@H](O)[C@H]7O[C@@H]7O[C@H](CO)[C@@H](O)[C@H](O)[C@H]7O)[C@H]6O[C@@H]6O[C@H](CO)[C@H](O)[C@H](O)[C@H]6O)C(C)(C)[C@@H]5CC[C@]43C)[C@@H]2CC1(C)C. The highest BCUT2D eigenvalue weighted by atomic mass is 16.8. The summed E-state index contributed by atoms with van der Waals surface area (Å²) in [6, 6.07) is 0. The number of aliphatic hydroxyl groups is 12. The zero-order valence-electron chi connectivity index (χ0n) is 52.9. The molecule has 0 aromatic heterocycles. The van der Waals surface area contributed by atoms with Gasteiger partial charge >= 0.3 is 23.9 Å². The van der Waals surface area contributed by atoms with Gasteiger partial charge in [0.05, 0.1) is 31.3 Å². The maximum atomic E-state index is 13.5. The lowest BCUT2D eigenvalue weighted by atomic mass is 9.33. The van der Waals surface area contributed by atoms with Crippen molar-refractivity contribution in [3.8, 4) is 0 Å². The third kappa shape index (κ3) is 12.0. The number of aliphatic hydroxyl groups excluding tert-OH is 12. The minimum absolute atomic E-state index is 0.0595. The maximum Gasteiger partial charge on any atom is 0.335 e. The fourth-order valence-corrected chi connectivity index (χ4v) is 17.6. The Morgan fingerprint density at radius 1 is 0.622 bits per heavy atom. The molecular formula is C62H96O28. The highest BCUT2D eigenvalue weighted by molar-refractivity contribution is 5.87. The average molecular weight is 1290 g/mol. The van der Waals surface area contributed by atoms with Gasteiger partial charge in [0.2, 0.25) is 0 Å². The molecule has 0 aromatic rings. The van der Waals surface area contributed by atoms with Crippen LogP contribution in [-0.4, -0.2) is 258 Å². The number of carboxylic acid groups (broad SMARTS) is 1. The van der Waals surface area contributed by atoms with Gasteiger partial charge in [-0.15, -0.1) is 0 Å². The van der Waals surface area contributed by atoms with Crippen molar-refractivity contribution in [2.45, 2.75) is 262 Å². The number of rotatable bonds is 16. The number of allylic oxidation sites excluding steroid dienone is 3. The van der Waals surface area contributed by atoms with Gasteiger partial charge in [-0.25, -0.2) is 9.59 Å². The summed E-state index contributed by atoms with van der Waals surface area (Å²) in [7, 11) is 0. The summed E-state index contributed by atoms with van der Waals surface area (Å²) in [5, 5.41) is 143. The van der Waals surface area contributed by atoms with E-state index in [0.29, 0.717) is 44.1 Å². The highest BCUT2D eigenvalue weighted by Crippen LogP contribution is 2.76. The Morgan fingerprint density at radius 2 is 1.21 bits per heavy atom. The second kappa shape index (κ2) is 26.3. The minimum Gasteiger partial charge on any atom is -0.479 e. The maximum absolute atomic E-state index is 13.5. The predicted octanol–water partition coefficient (Wildman–Crippen LogP) is -1.26. The van der Waals surface area contributed by atoms with E-state index in [9.17, 15) is 85.6 Å². The van der Waals surface area contributed by atoms with Crippen LogP contribution in [0.2, 0.25) is 0 Å². The smallest absolute Gasteiger partial charge is 0.335 e. The van der Waals surface area contributed by atoms with Gasteiger partial charge in [-0.05, 0) is 98.2 Å². The van der Waals surface area contributed by atoms with Crippen molar-refractivity contribution in [3.63, 3.8) is 0 Å². The van der Waals surface area contributed by atoms with Crippen LogP contribution in [0.1, 0.15) is 121 Å². The molecule has 0 radical (unpaired) electrons. The molecule has 0 spiro atoms. The lowest BCUT2D eigenvalue weighted by molar-refractivity contribution is -0.401. The fourth-order valence-electron chi connectivity index (χ4n) is 17.6. The van der Waals surface area contributed by atoms with E-state index in [1.807, 2.05) is 27.7 Å². The first-order valence-corrected chi connectivity index (χ1v) is 31.3. The number of carbonyl (C=O) groups excluding carboxylic acids is 3. The van der Waals surface area contributed by atoms with Crippen LogP contribution in [0, 0.1) is 50.2 Å². The molecule has 9 aliphatic rings. The van der Waals surface area contributed by atoms with Gasteiger partial charge in [-0.3, -0.25) is 9.59 Å². The topological polar surface area (TPSA) is 433 Å². The Kier molecular flexibility index (Phi) is 20.7. The zero-order chi connectivity index (χ0) is 66.4. The zero-order valence-corrected chi connectivity index (χ0v) is 52.9.